The number of carbonyl (C=O) groups is 2. The van der Waals surface area contributed by atoms with Gasteiger partial charge in [0.25, 0.3) is 0 Å². The lowest BCUT2D eigenvalue weighted by Crippen LogP contribution is -2.44. The summed E-state index contributed by atoms with van der Waals surface area (Å²) < 4.78 is 0. The fourth-order valence-electron chi connectivity index (χ4n) is 1.05. The standard InChI is InChI=1S/C9H18N2O3/c1-4-7(5-2)10-9(14)11(3)6-8(12)13/h7H,4-6H2,1-3H3,(H,10,14)(H,12,13). The number of nitrogens with one attached hydrogen (secondary N) is 1. The first-order valence-corrected chi connectivity index (χ1v) is 4.74. The lowest BCUT2D eigenvalue weighted by molar-refractivity contribution is -0.137. The zero-order valence-corrected chi connectivity index (χ0v) is 8.91. The number of nitrogens with zero attached hydrogens (tertiary/aromatic N) is 1. The minimum absolute atomic E-state index is 0.124. The van der Waals surface area contributed by atoms with Crippen molar-refractivity contribution in [2.75, 3.05) is 13.6 Å². The summed E-state index contributed by atoms with van der Waals surface area (Å²) in [7, 11) is 1.46. The molecule has 0 atom stereocenters. The number of hydrogen-bond acceptors (Lipinski definition) is 2. The Balaban J connectivity index is 3.99. The second kappa shape index (κ2) is 6.23. The van der Waals surface area contributed by atoms with Crippen LogP contribution in [0.1, 0.15) is 26.7 Å². The highest BCUT2D eigenvalue weighted by Crippen LogP contribution is 1.97. The van der Waals surface area contributed by atoms with Gasteiger partial charge < -0.3 is 15.3 Å². The van der Waals surface area contributed by atoms with Gasteiger partial charge in [-0.25, -0.2) is 4.79 Å². The van der Waals surface area contributed by atoms with Crippen LogP contribution < -0.4 is 5.32 Å². The summed E-state index contributed by atoms with van der Waals surface area (Å²) in [5.41, 5.74) is 0. The summed E-state index contributed by atoms with van der Waals surface area (Å²) in [6.07, 6.45) is 1.70. The van der Waals surface area contributed by atoms with Gasteiger partial charge >= 0.3 is 12.0 Å². The molecule has 0 fully saturated rings. The van der Waals surface area contributed by atoms with Gasteiger partial charge in [-0.3, -0.25) is 4.79 Å². The van der Waals surface area contributed by atoms with Gasteiger partial charge in [0.05, 0.1) is 0 Å². The van der Waals surface area contributed by atoms with E-state index >= 15 is 0 Å². The third kappa shape index (κ3) is 4.69. The maximum atomic E-state index is 11.4. The molecular weight excluding hydrogens is 184 g/mol. The van der Waals surface area contributed by atoms with E-state index in [9.17, 15) is 9.59 Å². The van der Waals surface area contributed by atoms with Gasteiger partial charge in [0.15, 0.2) is 0 Å². The lowest BCUT2D eigenvalue weighted by Gasteiger charge is -2.20. The second-order valence-corrected chi connectivity index (χ2v) is 3.21. The van der Waals surface area contributed by atoms with Crippen LogP contribution in [0.2, 0.25) is 0 Å². The quantitative estimate of drug-likeness (QED) is 0.696. The van der Waals surface area contributed by atoms with E-state index in [0.29, 0.717) is 0 Å². The van der Waals surface area contributed by atoms with E-state index in [1.807, 2.05) is 13.8 Å². The van der Waals surface area contributed by atoms with Crippen molar-refractivity contribution in [1.82, 2.24) is 10.2 Å². The molecule has 0 aromatic heterocycles. The van der Waals surface area contributed by atoms with Crippen molar-refractivity contribution in [3.63, 3.8) is 0 Å². The van der Waals surface area contributed by atoms with Crippen LogP contribution >= 0.6 is 0 Å². The van der Waals surface area contributed by atoms with Gasteiger partial charge in [-0.15, -0.1) is 0 Å². The number of rotatable bonds is 5. The summed E-state index contributed by atoms with van der Waals surface area (Å²) >= 11 is 0. The highest BCUT2D eigenvalue weighted by molar-refractivity contribution is 5.79. The molecule has 0 rings (SSSR count). The molecule has 0 aromatic rings. The predicted octanol–water partition coefficient (Wildman–Crippen LogP) is 0.901. The molecule has 0 spiro atoms. The van der Waals surface area contributed by atoms with Crippen LogP contribution in [-0.2, 0) is 4.79 Å². The van der Waals surface area contributed by atoms with Crippen molar-refractivity contribution in [2.24, 2.45) is 0 Å². The van der Waals surface area contributed by atoms with E-state index in [4.69, 9.17) is 5.11 Å². The number of likely N-dealkylation sites (N-methyl/N-ethyl adjacent to an activating group) is 1. The van der Waals surface area contributed by atoms with Crippen molar-refractivity contribution in [3.8, 4) is 0 Å². The fourth-order valence-corrected chi connectivity index (χ4v) is 1.05. The van der Waals surface area contributed by atoms with E-state index < -0.39 is 5.97 Å². The first kappa shape index (κ1) is 12.7. The Bertz CT molecular complexity index is 202. The van der Waals surface area contributed by atoms with E-state index in [-0.39, 0.29) is 18.6 Å². The topological polar surface area (TPSA) is 69.6 Å². The minimum atomic E-state index is -1.01. The minimum Gasteiger partial charge on any atom is -0.480 e. The van der Waals surface area contributed by atoms with Crippen LogP contribution in [0.4, 0.5) is 4.79 Å². The fraction of sp³-hybridized carbons (Fsp3) is 0.778. The number of urea groups is 1. The van der Waals surface area contributed by atoms with Crippen LogP contribution in [0.3, 0.4) is 0 Å². The third-order valence-corrected chi connectivity index (χ3v) is 2.03. The van der Waals surface area contributed by atoms with Gasteiger partial charge in [-0.1, -0.05) is 13.8 Å². The number of carboxylic acid groups (broad SMARTS) is 1. The summed E-state index contributed by atoms with van der Waals surface area (Å²) in [5, 5.41) is 11.2. The Morgan fingerprint density at radius 3 is 2.21 bits per heavy atom. The average Bonchev–Trinajstić information content (AvgIpc) is 2.12. The van der Waals surface area contributed by atoms with Crippen LogP contribution in [0.5, 0.6) is 0 Å². The molecule has 2 N–H and O–H groups in total. The number of carbonyl (C=O) groups excluding carboxylic acids is 1. The molecule has 0 bridgehead atoms. The van der Waals surface area contributed by atoms with Crippen molar-refractivity contribution in [2.45, 2.75) is 32.7 Å². The first-order valence-electron chi connectivity index (χ1n) is 4.74. The largest absolute Gasteiger partial charge is 0.480 e. The molecule has 5 heteroatoms. The highest BCUT2D eigenvalue weighted by atomic mass is 16.4. The van der Waals surface area contributed by atoms with Gasteiger partial charge in [-0.05, 0) is 12.8 Å². The zero-order chi connectivity index (χ0) is 11.1. The summed E-state index contributed by atoms with van der Waals surface area (Å²) in [4.78, 5) is 22.8. The summed E-state index contributed by atoms with van der Waals surface area (Å²) in [6, 6.07) is -0.208. The summed E-state index contributed by atoms with van der Waals surface area (Å²) in [6.45, 7) is 3.68. The average molecular weight is 202 g/mol. The molecule has 0 unspecified atom stereocenters. The molecule has 14 heavy (non-hydrogen) atoms. The van der Waals surface area contributed by atoms with E-state index in [2.05, 4.69) is 5.32 Å². The highest BCUT2D eigenvalue weighted by Gasteiger charge is 2.14. The molecule has 2 amide bonds. The van der Waals surface area contributed by atoms with Gasteiger partial charge in [-0.2, -0.15) is 0 Å². The molecule has 0 aliphatic carbocycles. The molecular formula is C9H18N2O3. The van der Waals surface area contributed by atoms with E-state index in [1.54, 1.807) is 0 Å². The van der Waals surface area contributed by atoms with Crippen LogP contribution in [-0.4, -0.2) is 41.6 Å². The number of hydrogen-bond donors (Lipinski definition) is 2. The molecule has 0 aromatic carbocycles. The van der Waals surface area contributed by atoms with Crippen LogP contribution in [0, 0.1) is 0 Å². The zero-order valence-electron chi connectivity index (χ0n) is 8.91. The Morgan fingerprint density at radius 1 is 1.36 bits per heavy atom. The Labute approximate surface area is 84.1 Å². The Kier molecular flexibility index (Phi) is 5.67. The van der Waals surface area contributed by atoms with Crippen LogP contribution in [0.25, 0.3) is 0 Å². The maximum absolute atomic E-state index is 11.4. The predicted molar refractivity (Wildman–Crippen MR) is 53.2 cm³/mol. The summed E-state index contributed by atoms with van der Waals surface area (Å²) in [5.74, 6) is -1.01. The second-order valence-electron chi connectivity index (χ2n) is 3.21. The normalized spacial score (nSPS) is 10.0. The molecule has 0 saturated carbocycles. The molecule has 82 valence electrons. The molecule has 0 radical (unpaired) electrons. The molecule has 0 saturated heterocycles. The SMILES string of the molecule is CCC(CC)NC(=O)N(C)CC(=O)O. The lowest BCUT2D eigenvalue weighted by atomic mass is 10.2. The number of carboxylic acids is 1. The Hall–Kier alpha value is -1.26. The van der Waals surface area contributed by atoms with Crippen molar-refractivity contribution < 1.29 is 14.7 Å². The molecule has 0 aliphatic heterocycles. The molecule has 0 heterocycles. The van der Waals surface area contributed by atoms with Crippen molar-refractivity contribution in [1.29, 1.82) is 0 Å². The van der Waals surface area contributed by atoms with E-state index in [1.165, 1.54) is 7.05 Å². The maximum Gasteiger partial charge on any atom is 0.323 e. The first-order chi connectivity index (χ1) is 6.51. The van der Waals surface area contributed by atoms with Crippen molar-refractivity contribution >= 4 is 12.0 Å². The van der Waals surface area contributed by atoms with Crippen molar-refractivity contribution in [3.05, 3.63) is 0 Å². The molecule has 5 nitrogen and oxygen atoms in total. The monoisotopic (exact) mass is 202 g/mol. The smallest absolute Gasteiger partial charge is 0.323 e. The van der Waals surface area contributed by atoms with E-state index in [0.717, 1.165) is 17.7 Å². The van der Waals surface area contributed by atoms with Gasteiger partial charge in [0, 0.05) is 13.1 Å². The molecule has 0 aliphatic rings. The number of amides is 2. The van der Waals surface area contributed by atoms with Crippen LogP contribution in [0.15, 0.2) is 0 Å². The van der Waals surface area contributed by atoms with Gasteiger partial charge in [0.2, 0.25) is 0 Å². The number of aliphatic carboxylic acids is 1. The van der Waals surface area contributed by atoms with Gasteiger partial charge in [0.1, 0.15) is 6.54 Å². The Morgan fingerprint density at radius 2 is 1.86 bits per heavy atom. The third-order valence-electron chi connectivity index (χ3n) is 2.03.